The highest BCUT2D eigenvalue weighted by molar-refractivity contribution is 8.26. The molecule has 29 heavy (non-hydrogen) atoms. The minimum atomic E-state index is -0.194. The van der Waals surface area contributed by atoms with Gasteiger partial charge in [0.15, 0.2) is 5.13 Å². The Morgan fingerprint density at radius 2 is 1.97 bits per heavy atom. The van der Waals surface area contributed by atoms with Crippen LogP contribution in [0.2, 0.25) is 0 Å². The van der Waals surface area contributed by atoms with Crippen molar-refractivity contribution in [3.63, 3.8) is 0 Å². The number of hydrogen-bond acceptors (Lipinski definition) is 6. The van der Waals surface area contributed by atoms with Gasteiger partial charge in [0.1, 0.15) is 4.32 Å². The molecule has 2 heterocycles. The zero-order valence-corrected chi connectivity index (χ0v) is 18.0. The Hall–Kier alpha value is -2.55. The van der Waals surface area contributed by atoms with E-state index in [-0.39, 0.29) is 24.8 Å². The first-order valence-corrected chi connectivity index (χ1v) is 11.0. The van der Waals surface area contributed by atoms with Crippen LogP contribution < -0.4 is 5.32 Å². The molecule has 0 spiro atoms. The average molecular weight is 440 g/mol. The SMILES string of the molecule is Cc1ccc(C=C2SC(=S)N(CCC(=O)Nc3nc4ccccc4s3)C2=O)cc1. The predicted octanol–water partition coefficient (Wildman–Crippen LogP) is 4.83. The molecule has 0 saturated carbocycles. The Bertz CT molecular complexity index is 1100. The first-order chi connectivity index (χ1) is 14.0. The number of amides is 2. The second-order valence-corrected chi connectivity index (χ2v) is 9.24. The summed E-state index contributed by atoms with van der Waals surface area (Å²) in [6.07, 6.45) is 1.99. The normalized spacial score (nSPS) is 15.5. The Balaban J connectivity index is 1.37. The van der Waals surface area contributed by atoms with Crippen LogP contribution in [0.3, 0.4) is 0 Å². The van der Waals surface area contributed by atoms with Gasteiger partial charge in [0, 0.05) is 13.0 Å². The van der Waals surface area contributed by atoms with E-state index < -0.39 is 0 Å². The van der Waals surface area contributed by atoms with Crippen LogP contribution in [0.5, 0.6) is 0 Å². The number of thioether (sulfide) groups is 1. The van der Waals surface area contributed by atoms with Crippen molar-refractivity contribution in [1.29, 1.82) is 0 Å². The average Bonchev–Trinajstić information content (AvgIpc) is 3.22. The minimum absolute atomic E-state index is 0.153. The molecule has 8 heteroatoms. The van der Waals surface area contributed by atoms with Crippen molar-refractivity contribution in [2.24, 2.45) is 0 Å². The largest absolute Gasteiger partial charge is 0.302 e. The lowest BCUT2D eigenvalue weighted by Gasteiger charge is -2.13. The number of hydrogen-bond donors (Lipinski definition) is 1. The van der Waals surface area contributed by atoms with Crippen molar-refractivity contribution in [2.45, 2.75) is 13.3 Å². The van der Waals surface area contributed by atoms with Gasteiger partial charge in [-0.2, -0.15) is 0 Å². The van der Waals surface area contributed by atoms with E-state index in [0.29, 0.717) is 14.4 Å². The molecule has 5 nitrogen and oxygen atoms in total. The fourth-order valence-corrected chi connectivity index (χ4v) is 5.02. The van der Waals surface area contributed by atoms with E-state index in [1.807, 2.05) is 61.5 Å². The molecule has 1 fully saturated rings. The van der Waals surface area contributed by atoms with Gasteiger partial charge in [-0.25, -0.2) is 4.98 Å². The second-order valence-electron chi connectivity index (χ2n) is 6.53. The number of nitrogens with zero attached hydrogens (tertiary/aromatic N) is 2. The molecule has 1 aliphatic heterocycles. The van der Waals surface area contributed by atoms with Crippen LogP contribution in [-0.2, 0) is 9.59 Å². The van der Waals surface area contributed by atoms with Crippen LogP contribution in [0.1, 0.15) is 17.5 Å². The molecular weight excluding hydrogens is 422 g/mol. The molecular formula is C21H17N3O2S3. The number of nitrogens with one attached hydrogen (secondary N) is 1. The summed E-state index contributed by atoms with van der Waals surface area (Å²) in [5.74, 6) is -0.353. The highest BCUT2D eigenvalue weighted by Gasteiger charge is 2.32. The second kappa shape index (κ2) is 8.44. The van der Waals surface area contributed by atoms with Gasteiger partial charge in [-0.1, -0.05) is 77.3 Å². The molecule has 2 aromatic carbocycles. The van der Waals surface area contributed by atoms with Gasteiger partial charge >= 0.3 is 0 Å². The van der Waals surface area contributed by atoms with Crippen molar-refractivity contribution in [3.05, 3.63) is 64.6 Å². The molecule has 1 aromatic heterocycles. The number of benzene rings is 2. The molecule has 146 valence electrons. The number of carbonyl (C=O) groups is 2. The number of thiazole rings is 1. The van der Waals surface area contributed by atoms with E-state index in [4.69, 9.17) is 12.2 Å². The third-order valence-corrected chi connectivity index (χ3v) is 6.68. The number of fused-ring (bicyclic) bond motifs is 1. The Morgan fingerprint density at radius 1 is 1.21 bits per heavy atom. The van der Waals surface area contributed by atoms with Crippen molar-refractivity contribution in [3.8, 4) is 0 Å². The number of para-hydroxylation sites is 1. The van der Waals surface area contributed by atoms with Crippen LogP contribution in [0.4, 0.5) is 5.13 Å². The topological polar surface area (TPSA) is 62.3 Å². The smallest absolute Gasteiger partial charge is 0.266 e. The molecule has 0 unspecified atom stereocenters. The summed E-state index contributed by atoms with van der Waals surface area (Å²) in [5.41, 5.74) is 2.96. The van der Waals surface area contributed by atoms with Gasteiger partial charge < -0.3 is 5.32 Å². The standard InChI is InChI=1S/C21H17N3O2S3/c1-13-6-8-14(9-7-13)12-17-19(26)24(21(27)29-17)11-10-18(25)23-20-22-15-4-2-3-5-16(15)28-20/h2-9,12H,10-11H2,1H3,(H,22,23,25). The monoisotopic (exact) mass is 439 g/mol. The summed E-state index contributed by atoms with van der Waals surface area (Å²) < 4.78 is 1.49. The lowest BCUT2D eigenvalue weighted by molar-refractivity contribution is -0.122. The third kappa shape index (κ3) is 4.55. The highest BCUT2D eigenvalue weighted by Crippen LogP contribution is 2.32. The predicted molar refractivity (Wildman–Crippen MR) is 124 cm³/mol. The number of thiocarbonyl (C=S) groups is 1. The first kappa shape index (κ1) is 19.8. The maximum Gasteiger partial charge on any atom is 0.266 e. The van der Waals surface area contributed by atoms with E-state index >= 15 is 0 Å². The highest BCUT2D eigenvalue weighted by atomic mass is 32.2. The van der Waals surface area contributed by atoms with E-state index in [2.05, 4.69) is 10.3 Å². The fraction of sp³-hybridized carbons (Fsp3) is 0.143. The van der Waals surface area contributed by atoms with Crippen LogP contribution >= 0.6 is 35.3 Å². The van der Waals surface area contributed by atoms with Crippen molar-refractivity contribution in [2.75, 3.05) is 11.9 Å². The molecule has 1 N–H and O–H groups in total. The molecule has 4 rings (SSSR count). The number of carbonyl (C=O) groups excluding carboxylic acids is 2. The summed E-state index contributed by atoms with van der Waals surface area (Å²) >= 11 is 8.03. The van der Waals surface area contributed by atoms with Gasteiger partial charge in [-0.3, -0.25) is 14.5 Å². The summed E-state index contributed by atoms with van der Waals surface area (Å²) in [4.78, 5) is 31.5. The molecule has 3 aromatic rings. The lowest BCUT2D eigenvalue weighted by Crippen LogP contribution is -2.31. The third-order valence-electron chi connectivity index (χ3n) is 4.35. The van der Waals surface area contributed by atoms with Crippen molar-refractivity contribution < 1.29 is 9.59 Å². The van der Waals surface area contributed by atoms with Crippen molar-refractivity contribution in [1.82, 2.24) is 9.88 Å². The van der Waals surface area contributed by atoms with Gasteiger partial charge in [0.25, 0.3) is 5.91 Å². The van der Waals surface area contributed by atoms with Gasteiger partial charge in [-0.15, -0.1) is 0 Å². The van der Waals surface area contributed by atoms with Crippen molar-refractivity contribution >= 4 is 72.9 Å². The molecule has 0 atom stereocenters. The van der Waals surface area contributed by atoms with Gasteiger partial charge in [-0.05, 0) is 30.7 Å². The zero-order valence-electron chi connectivity index (χ0n) is 15.5. The summed E-state index contributed by atoms with van der Waals surface area (Å²) in [6.45, 7) is 2.26. The van der Waals surface area contributed by atoms with Gasteiger partial charge in [0.2, 0.25) is 5.91 Å². The first-order valence-electron chi connectivity index (χ1n) is 8.97. The maximum absolute atomic E-state index is 12.7. The Labute approximate surface area is 181 Å². The number of aryl methyl sites for hydroxylation is 1. The van der Waals surface area contributed by atoms with Crippen LogP contribution in [0.15, 0.2) is 53.4 Å². The summed E-state index contributed by atoms with van der Waals surface area (Å²) in [5, 5.41) is 3.36. The number of aromatic nitrogens is 1. The van der Waals surface area contributed by atoms with Crippen LogP contribution in [0, 0.1) is 6.92 Å². The summed E-state index contributed by atoms with van der Waals surface area (Å²) in [6, 6.07) is 15.6. The molecule has 0 bridgehead atoms. The Morgan fingerprint density at radius 3 is 2.72 bits per heavy atom. The quantitative estimate of drug-likeness (QED) is 0.456. The molecule has 2 amide bonds. The zero-order chi connectivity index (χ0) is 20.4. The van der Waals surface area contributed by atoms with Crippen LogP contribution in [-0.4, -0.2) is 32.6 Å². The van der Waals surface area contributed by atoms with E-state index in [1.165, 1.54) is 28.0 Å². The van der Waals surface area contributed by atoms with E-state index in [9.17, 15) is 9.59 Å². The Kier molecular flexibility index (Phi) is 5.75. The lowest BCUT2D eigenvalue weighted by atomic mass is 10.1. The van der Waals surface area contributed by atoms with Gasteiger partial charge in [0.05, 0.1) is 15.1 Å². The molecule has 1 saturated heterocycles. The van der Waals surface area contributed by atoms with E-state index in [0.717, 1.165) is 21.3 Å². The molecule has 0 aliphatic carbocycles. The molecule has 1 aliphatic rings. The number of anilines is 1. The van der Waals surface area contributed by atoms with Crippen LogP contribution in [0.25, 0.3) is 16.3 Å². The van der Waals surface area contributed by atoms with E-state index in [1.54, 1.807) is 0 Å². The fourth-order valence-electron chi connectivity index (χ4n) is 2.83. The molecule has 0 radical (unpaired) electrons. The maximum atomic E-state index is 12.7. The summed E-state index contributed by atoms with van der Waals surface area (Å²) in [7, 11) is 0. The minimum Gasteiger partial charge on any atom is -0.302 e. The number of rotatable bonds is 5.